The van der Waals surface area contributed by atoms with Gasteiger partial charge in [-0.1, -0.05) is 101 Å². The zero-order valence-corrected chi connectivity index (χ0v) is 17.4. The van der Waals surface area contributed by atoms with Gasteiger partial charge in [0.15, 0.2) is 0 Å². The minimum Gasteiger partial charge on any atom is -0.0836 e. The molecule has 0 heterocycles. The number of rotatable bonds is 3. The Hall–Kier alpha value is -2.64. The molecule has 2 radical (unpaired) electrons. The second-order valence-electron chi connectivity index (χ2n) is 7.96. The second kappa shape index (κ2) is 7.07. The predicted molar refractivity (Wildman–Crippen MR) is 120 cm³/mol. The third-order valence-corrected chi connectivity index (χ3v) is 8.14. The SMILES string of the molecule is CC1=Cc2ccccc2C1[Si]C1=C(C)C=C2C1=CC=CCC2c1ccccc1. The van der Waals surface area contributed by atoms with Gasteiger partial charge >= 0.3 is 0 Å². The van der Waals surface area contributed by atoms with Crippen LogP contribution >= 0.6 is 0 Å². The molecule has 0 bridgehead atoms. The highest BCUT2D eigenvalue weighted by Gasteiger charge is 2.31. The van der Waals surface area contributed by atoms with E-state index in [9.17, 15) is 0 Å². The lowest BCUT2D eigenvalue weighted by Gasteiger charge is -2.21. The third kappa shape index (κ3) is 2.91. The van der Waals surface area contributed by atoms with E-state index in [1.54, 1.807) is 5.20 Å². The summed E-state index contributed by atoms with van der Waals surface area (Å²) in [4.78, 5) is 0. The standard InChI is InChI=1S/C27H24Si/c1-18-16-21-12-6-7-14-23(21)26(18)28-27-19(2)17-25-22(13-8-9-15-24(25)27)20-10-4-3-5-11-20/h3-12,14-17,22,26H,13H2,1-2H3. The van der Waals surface area contributed by atoms with Gasteiger partial charge in [-0.25, -0.2) is 0 Å². The van der Waals surface area contributed by atoms with Gasteiger partial charge < -0.3 is 0 Å². The maximum absolute atomic E-state index is 2.46. The van der Waals surface area contributed by atoms with Crippen LogP contribution in [0.3, 0.4) is 0 Å². The second-order valence-corrected chi connectivity index (χ2v) is 9.33. The highest BCUT2D eigenvalue weighted by atomic mass is 28.2. The third-order valence-electron chi connectivity index (χ3n) is 6.13. The Kier molecular flexibility index (Phi) is 4.41. The lowest BCUT2D eigenvalue weighted by Crippen LogP contribution is -2.13. The highest BCUT2D eigenvalue weighted by molar-refractivity contribution is 6.51. The van der Waals surface area contributed by atoms with Crippen LogP contribution < -0.4 is 0 Å². The zero-order valence-electron chi connectivity index (χ0n) is 16.4. The van der Waals surface area contributed by atoms with Crippen molar-refractivity contribution in [3.8, 4) is 0 Å². The molecular formula is C27H24Si. The van der Waals surface area contributed by atoms with Crippen LogP contribution in [-0.2, 0) is 0 Å². The molecule has 0 aromatic heterocycles. The first-order valence-electron chi connectivity index (χ1n) is 10.1. The van der Waals surface area contributed by atoms with Gasteiger partial charge in [0.2, 0.25) is 0 Å². The van der Waals surface area contributed by atoms with Crippen molar-refractivity contribution in [2.45, 2.75) is 31.7 Å². The first-order valence-corrected chi connectivity index (χ1v) is 11.2. The smallest absolute Gasteiger partial charge is 0.0836 e. The fraction of sp³-hybridized carbons (Fsp3) is 0.185. The van der Waals surface area contributed by atoms with E-state index in [0.29, 0.717) is 11.5 Å². The highest BCUT2D eigenvalue weighted by Crippen LogP contribution is 2.45. The zero-order chi connectivity index (χ0) is 19.1. The van der Waals surface area contributed by atoms with E-state index in [4.69, 9.17) is 0 Å². The maximum Gasteiger partial charge on any atom is 0.0956 e. The molecule has 0 fully saturated rings. The van der Waals surface area contributed by atoms with Gasteiger partial charge in [-0.3, -0.25) is 0 Å². The van der Waals surface area contributed by atoms with Crippen molar-refractivity contribution < 1.29 is 0 Å². The van der Waals surface area contributed by atoms with E-state index in [1.165, 1.54) is 39.0 Å². The summed E-state index contributed by atoms with van der Waals surface area (Å²) in [5, 5.41) is 1.55. The molecule has 2 unspecified atom stereocenters. The molecule has 0 spiro atoms. The molecule has 3 aliphatic rings. The van der Waals surface area contributed by atoms with Crippen molar-refractivity contribution in [2.24, 2.45) is 0 Å². The molecular weight excluding hydrogens is 352 g/mol. The van der Waals surface area contributed by atoms with Gasteiger partial charge in [-0.2, -0.15) is 0 Å². The van der Waals surface area contributed by atoms with Crippen LogP contribution in [0.2, 0.25) is 0 Å². The average Bonchev–Trinajstić information content (AvgIpc) is 3.10. The Balaban J connectivity index is 1.49. The number of hydrogen-bond donors (Lipinski definition) is 0. The Bertz CT molecular complexity index is 1080. The van der Waals surface area contributed by atoms with Gasteiger partial charge in [0, 0.05) is 11.5 Å². The van der Waals surface area contributed by atoms with Gasteiger partial charge in [0.05, 0.1) is 9.52 Å². The fourth-order valence-corrected chi connectivity index (χ4v) is 6.42. The van der Waals surface area contributed by atoms with E-state index < -0.39 is 0 Å². The molecule has 0 saturated heterocycles. The molecule has 0 aliphatic heterocycles. The molecule has 1 heteroatoms. The van der Waals surface area contributed by atoms with Crippen LogP contribution in [0, 0.1) is 0 Å². The van der Waals surface area contributed by atoms with Gasteiger partial charge in [-0.15, -0.1) is 0 Å². The van der Waals surface area contributed by atoms with E-state index in [1.807, 2.05) is 0 Å². The van der Waals surface area contributed by atoms with Crippen LogP contribution in [0.1, 0.15) is 48.4 Å². The van der Waals surface area contributed by atoms with Gasteiger partial charge in [-0.05, 0) is 48.1 Å². The van der Waals surface area contributed by atoms with E-state index in [0.717, 1.165) is 15.9 Å². The molecule has 2 atom stereocenters. The van der Waals surface area contributed by atoms with Crippen molar-refractivity contribution in [1.29, 1.82) is 0 Å². The van der Waals surface area contributed by atoms with Crippen LogP contribution in [0.15, 0.2) is 106 Å². The van der Waals surface area contributed by atoms with Crippen molar-refractivity contribution in [3.63, 3.8) is 0 Å². The lowest BCUT2D eigenvalue weighted by atomic mass is 9.86. The minimum atomic E-state index is 0.455. The number of fused-ring (bicyclic) bond motifs is 2. The molecule has 2 aromatic rings. The Morgan fingerprint density at radius 2 is 1.68 bits per heavy atom. The van der Waals surface area contributed by atoms with Gasteiger partial charge in [0.1, 0.15) is 0 Å². The summed E-state index contributed by atoms with van der Waals surface area (Å²) < 4.78 is 0. The van der Waals surface area contributed by atoms with Crippen molar-refractivity contribution in [2.75, 3.05) is 0 Å². The predicted octanol–water partition coefficient (Wildman–Crippen LogP) is 6.73. The maximum atomic E-state index is 2.46. The van der Waals surface area contributed by atoms with E-state index in [-0.39, 0.29) is 0 Å². The van der Waals surface area contributed by atoms with E-state index in [2.05, 4.69) is 98.8 Å². The largest absolute Gasteiger partial charge is 0.0956 e. The normalized spacial score (nSPS) is 23.0. The number of allylic oxidation sites excluding steroid dienone is 9. The topological polar surface area (TPSA) is 0 Å². The van der Waals surface area contributed by atoms with Crippen LogP contribution in [0.5, 0.6) is 0 Å². The average molecular weight is 377 g/mol. The molecule has 0 N–H and O–H groups in total. The van der Waals surface area contributed by atoms with Crippen molar-refractivity contribution in [3.05, 3.63) is 123 Å². The Morgan fingerprint density at radius 1 is 0.893 bits per heavy atom. The molecule has 0 nitrogen and oxygen atoms in total. The monoisotopic (exact) mass is 376 g/mol. The first kappa shape index (κ1) is 17.5. The summed E-state index contributed by atoms with van der Waals surface area (Å²) in [6.45, 7) is 4.60. The van der Waals surface area contributed by atoms with Crippen LogP contribution in [0.25, 0.3) is 6.08 Å². The van der Waals surface area contributed by atoms with Crippen LogP contribution in [-0.4, -0.2) is 9.52 Å². The van der Waals surface area contributed by atoms with Crippen LogP contribution in [0.4, 0.5) is 0 Å². The fourth-order valence-electron chi connectivity index (χ4n) is 4.72. The van der Waals surface area contributed by atoms with Gasteiger partial charge in [0.25, 0.3) is 0 Å². The molecule has 0 saturated carbocycles. The number of benzene rings is 2. The van der Waals surface area contributed by atoms with E-state index >= 15 is 0 Å². The van der Waals surface area contributed by atoms with Crippen molar-refractivity contribution in [1.82, 2.24) is 0 Å². The first-order chi connectivity index (χ1) is 13.7. The molecule has 5 rings (SSSR count). The molecule has 2 aromatic carbocycles. The summed E-state index contributed by atoms with van der Waals surface area (Å²) in [6.07, 6.45) is 12.9. The lowest BCUT2D eigenvalue weighted by molar-refractivity contribution is 0.827. The minimum absolute atomic E-state index is 0.455. The molecule has 0 amide bonds. The summed E-state index contributed by atoms with van der Waals surface area (Å²) in [5.41, 5.74) is 10.8. The molecule has 28 heavy (non-hydrogen) atoms. The summed E-state index contributed by atoms with van der Waals surface area (Å²) in [5.74, 6) is 0.455. The summed E-state index contributed by atoms with van der Waals surface area (Å²) in [6, 6.07) is 19.9. The molecule has 136 valence electrons. The Morgan fingerprint density at radius 3 is 2.54 bits per heavy atom. The quantitative estimate of drug-likeness (QED) is 0.521. The molecule has 3 aliphatic carbocycles. The summed E-state index contributed by atoms with van der Waals surface area (Å²) >= 11 is 0. The number of hydrogen-bond acceptors (Lipinski definition) is 0. The Labute approximate surface area is 170 Å². The summed E-state index contributed by atoms with van der Waals surface area (Å²) in [7, 11) is 0.779. The van der Waals surface area contributed by atoms with Crippen molar-refractivity contribution >= 4 is 15.6 Å².